The van der Waals surface area contributed by atoms with Crippen molar-refractivity contribution in [1.29, 1.82) is 0 Å². The summed E-state index contributed by atoms with van der Waals surface area (Å²) in [6.07, 6.45) is 0.408. The topological polar surface area (TPSA) is 267 Å². The zero-order valence-corrected chi connectivity index (χ0v) is 42.9. The average molecular weight is 1070 g/mol. The Balaban J connectivity index is 0.000000191. The highest BCUT2D eigenvalue weighted by Crippen LogP contribution is 2.43. The lowest BCUT2D eigenvalue weighted by Crippen LogP contribution is -2.48. The van der Waals surface area contributed by atoms with Crippen molar-refractivity contribution >= 4 is 69.1 Å². The molecule has 22 heteroatoms. The zero-order valence-electron chi connectivity index (χ0n) is 42.9. The minimum atomic E-state index is -1.84. The molecule has 0 saturated heterocycles. The van der Waals surface area contributed by atoms with Crippen LogP contribution >= 0.6 is 0 Å². The molecule has 0 aliphatic carbocycles. The Hall–Kier alpha value is -8.82. The van der Waals surface area contributed by atoms with E-state index in [1.165, 1.54) is 18.4 Å². The third-order valence-electron chi connectivity index (χ3n) is 14.3. The predicted molar refractivity (Wildman–Crippen MR) is 272 cm³/mol. The number of aromatic nitrogens is 4. The van der Waals surface area contributed by atoms with Gasteiger partial charge in [-0.15, -0.1) is 0 Å². The van der Waals surface area contributed by atoms with Gasteiger partial charge in [-0.3, -0.25) is 33.6 Å². The molecule has 0 saturated carbocycles. The first-order valence-electron chi connectivity index (χ1n) is 25.3. The summed E-state index contributed by atoms with van der Waals surface area (Å²) in [5, 5.41) is 6.18. The summed E-state index contributed by atoms with van der Waals surface area (Å²) in [4.78, 5) is 134. The van der Waals surface area contributed by atoms with Crippen molar-refractivity contribution in [2.45, 2.75) is 117 Å². The van der Waals surface area contributed by atoms with E-state index in [9.17, 15) is 56.7 Å². The van der Waals surface area contributed by atoms with E-state index in [0.29, 0.717) is 46.7 Å². The lowest BCUT2D eigenvalue weighted by molar-refractivity contribution is -0.189. The third kappa shape index (κ3) is 10.4. The number of Topliss-reactive ketones (excluding diaryl/α,β-unsaturated/α-hetero) is 2. The number of para-hydroxylation sites is 1. The second-order valence-electron chi connectivity index (χ2n) is 19.5. The van der Waals surface area contributed by atoms with Gasteiger partial charge in [0.15, 0.2) is 11.6 Å². The SMILES string of the molecule is CC[C@]1(OC(=O)CNC(=O)CCC(C)=O)C(=O)OCc2c1cc1n(c2=O)Cc2cc3ccccc3nc2-1.CC[C@]1(OC(=O)CNC(=O)CCCC(C)=O)CC(=O)OCc2c1cc1n(c2=O)Cc2cc3cc(F)c(F)cc3nc2-1. The Labute approximate surface area is 442 Å². The fraction of sp³-hybridized carbons (Fsp3) is 0.357. The molecule has 4 aliphatic rings. The maximum Gasteiger partial charge on any atom is 0.355 e. The van der Waals surface area contributed by atoms with Gasteiger partial charge >= 0.3 is 23.9 Å². The van der Waals surface area contributed by atoms with Crippen LogP contribution in [0.3, 0.4) is 0 Å². The lowest BCUT2D eigenvalue weighted by atomic mass is 9.85. The number of carbonyl (C=O) groups excluding carboxylic acids is 8. The summed E-state index contributed by atoms with van der Waals surface area (Å²) in [7, 11) is 0. The number of rotatable bonds is 15. The number of ether oxygens (including phenoxy) is 4. The van der Waals surface area contributed by atoms with Crippen LogP contribution in [-0.2, 0) is 94.8 Å². The lowest BCUT2D eigenvalue weighted by Gasteiger charge is -2.35. The molecular formula is C56H52F2N6O14. The van der Waals surface area contributed by atoms with Crippen molar-refractivity contribution in [3.05, 3.63) is 126 Å². The van der Waals surface area contributed by atoms with Gasteiger partial charge in [0.25, 0.3) is 11.1 Å². The summed E-state index contributed by atoms with van der Waals surface area (Å²) in [5.74, 6) is -6.33. The maximum absolute atomic E-state index is 13.9. The van der Waals surface area contributed by atoms with Crippen LogP contribution < -0.4 is 21.8 Å². The standard InChI is InChI=1S/C29H27F2N3O7.C27H25N3O7/c1-3-29(41-26(38)12-32-24(36)6-4-5-15(2)35)11-25(37)40-14-18-19(29)9-23-27-17(13-34(23)28(18)39)7-16-8-20(30)21(31)10-22(16)33-27;1-3-27(37-23(33)12-28-22(32)9-8-15(2)31)19-11-21-24-17(10-16-6-4-5-7-20(16)29-24)13-30(21)25(34)18(19)14-36-26(27)35/h7-10H,3-6,11-14H2,1-2H3,(H,32,36);4-7,10-11H,3,8-9,12-14H2,1-2H3,(H,28,32)/t29-;27-/m01/s1. The number of hydrogen-bond acceptors (Lipinski definition) is 16. The number of halogens is 2. The molecular weight excluding hydrogens is 1020 g/mol. The molecule has 2 atom stereocenters. The number of nitrogens with one attached hydrogen (secondary N) is 2. The van der Waals surface area contributed by atoms with Crippen LogP contribution in [0, 0.1) is 11.6 Å². The van der Waals surface area contributed by atoms with Gasteiger partial charge in [0.05, 0.1) is 64.4 Å². The van der Waals surface area contributed by atoms with Crippen molar-refractivity contribution in [3.8, 4) is 22.8 Å². The van der Waals surface area contributed by atoms with Crippen molar-refractivity contribution < 1.29 is 66.1 Å². The van der Waals surface area contributed by atoms with E-state index >= 15 is 0 Å². The molecule has 404 valence electrons. The normalized spacial score (nSPS) is 17.3. The van der Waals surface area contributed by atoms with E-state index in [4.69, 9.17) is 23.9 Å². The highest BCUT2D eigenvalue weighted by molar-refractivity contribution is 5.91. The molecule has 10 rings (SSSR count). The quantitative estimate of drug-likeness (QED) is 0.0975. The van der Waals surface area contributed by atoms with Crippen molar-refractivity contribution in [2.24, 2.45) is 0 Å². The molecule has 0 fully saturated rings. The average Bonchev–Trinajstić information content (AvgIpc) is 4.08. The minimum absolute atomic E-state index is 0.0176. The molecule has 0 spiro atoms. The first-order chi connectivity index (χ1) is 37.2. The summed E-state index contributed by atoms with van der Waals surface area (Å²) >= 11 is 0. The zero-order chi connectivity index (χ0) is 55.8. The monoisotopic (exact) mass is 1070 g/mol. The van der Waals surface area contributed by atoms with E-state index in [2.05, 4.69) is 15.6 Å². The van der Waals surface area contributed by atoms with Crippen LogP contribution in [0.4, 0.5) is 8.78 Å². The van der Waals surface area contributed by atoms with Crippen LogP contribution in [-0.4, -0.2) is 79.4 Å². The van der Waals surface area contributed by atoms with Gasteiger partial charge in [-0.25, -0.2) is 23.5 Å². The Morgan fingerprint density at radius 3 is 1.85 bits per heavy atom. The summed E-state index contributed by atoms with van der Waals surface area (Å²) in [5.41, 5.74) is 1.07. The molecule has 2 N–H and O–H groups in total. The molecule has 20 nitrogen and oxygen atoms in total. The molecule has 2 amide bonds. The number of carbonyl (C=O) groups is 8. The van der Waals surface area contributed by atoms with Crippen LogP contribution in [0.15, 0.2) is 70.3 Å². The highest BCUT2D eigenvalue weighted by atomic mass is 19.2. The smallest absolute Gasteiger partial charge is 0.355 e. The van der Waals surface area contributed by atoms with Gasteiger partial charge in [-0.2, -0.15) is 0 Å². The Morgan fingerprint density at radius 1 is 0.641 bits per heavy atom. The molecule has 78 heavy (non-hydrogen) atoms. The number of pyridine rings is 4. The molecule has 6 aromatic rings. The van der Waals surface area contributed by atoms with E-state index in [1.807, 2.05) is 30.3 Å². The molecule has 8 heterocycles. The first-order valence-corrected chi connectivity index (χ1v) is 25.3. The Morgan fingerprint density at radius 2 is 1.21 bits per heavy atom. The van der Waals surface area contributed by atoms with Crippen LogP contribution in [0.25, 0.3) is 44.6 Å². The van der Waals surface area contributed by atoms with E-state index in [1.54, 1.807) is 36.6 Å². The van der Waals surface area contributed by atoms with Gasteiger partial charge in [0.2, 0.25) is 17.4 Å². The van der Waals surface area contributed by atoms with Gasteiger partial charge < -0.3 is 48.3 Å². The number of ketones is 2. The fourth-order valence-electron chi connectivity index (χ4n) is 10.2. The number of esters is 4. The molecule has 2 aromatic carbocycles. The Bertz CT molecular complexity index is 3700. The maximum atomic E-state index is 13.9. The third-order valence-corrected chi connectivity index (χ3v) is 14.3. The van der Waals surface area contributed by atoms with E-state index < -0.39 is 77.2 Å². The van der Waals surface area contributed by atoms with E-state index in [0.717, 1.165) is 28.6 Å². The molecule has 0 unspecified atom stereocenters. The number of hydrogen-bond donors (Lipinski definition) is 2. The highest BCUT2D eigenvalue weighted by Gasteiger charge is 2.51. The summed E-state index contributed by atoms with van der Waals surface area (Å²) in [6, 6.07) is 16.6. The number of fused-ring (bicyclic) bond motifs is 10. The van der Waals surface area contributed by atoms with Crippen LogP contribution in [0.1, 0.15) is 112 Å². The number of cyclic esters (lactones) is 2. The molecule has 4 aromatic heterocycles. The van der Waals surface area contributed by atoms with Crippen molar-refractivity contribution in [2.75, 3.05) is 13.1 Å². The molecule has 4 aliphatic heterocycles. The van der Waals surface area contributed by atoms with E-state index in [-0.39, 0.29) is 110 Å². The number of benzene rings is 2. The summed E-state index contributed by atoms with van der Waals surface area (Å²) < 4.78 is 52.9. The Kier molecular flexibility index (Phi) is 15.0. The van der Waals surface area contributed by atoms with Gasteiger partial charge in [0.1, 0.15) is 43.5 Å². The first kappa shape index (κ1) is 54.0. The number of nitrogens with zero attached hydrogens (tertiary/aromatic N) is 4. The van der Waals surface area contributed by atoms with Gasteiger partial charge in [0, 0.05) is 64.8 Å². The minimum Gasteiger partial charge on any atom is -0.460 e. The van der Waals surface area contributed by atoms with Gasteiger partial charge in [-0.05, 0) is 69.5 Å². The van der Waals surface area contributed by atoms with Gasteiger partial charge in [-0.1, -0.05) is 32.0 Å². The molecule has 0 radical (unpaired) electrons. The van der Waals surface area contributed by atoms with Crippen molar-refractivity contribution in [1.82, 2.24) is 29.7 Å². The number of amides is 2. The largest absolute Gasteiger partial charge is 0.460 e. The molecule has 0 bridgehead atoms. The van der Waals surface area contributed by atoms with Crippen LogP contribution in [0.5, 0.6) is 0 Å². The van der Waals surface area contributed by atoms with Crippen molar-refractivity contribution in [3.63, 3.8) is 0 Å². The second kappa shape index (κ2) is 21.7. The second-order valence-corrected chi connectivity index (χ2v) is 19.5. The summed E-state index contributed by atoms with van der Waals surface area (Å²) in [6.45, 7) is 5.03. The fourth-order valence-corrected chi connectivity index (χ4v) is 10.2. The predicted octanol–water partition coefficient (Wildman–Crippen LogP) is 5.29. The van der Waals surface area contributed by atoms with Crippen LogP contribution in [0.2, 0.25) is 0 Å².